The Hall–Kier alpha value is 0.450. The zero-order valence-electron chi connectivity index (χ0n) is 8.89. The van der Waals surface area contributed by atoms with Crippen molar-refractivity contribution in [3.63, 3.8) is 0 Å². The molecule has 0 spiro atoms. The van der Waals surface area contributed by atoms with Crippen LogP contribution in [0.25, 0.3) is 0 Å². The van der Waals surface area contributed by atoms with Gasteiger partial charge in [0.1, 0.15) is 9.84 Å². The quantitative estimate of drug-likeness (QED) is 0.807. The molecule has 1 rings (SSSR count). The molecular weight excluding hydrogens is 259 g/mol. The van der Waals surface area contributed by atoms with Gasteiger partial charge in [0.05, 0.1) is 5.75 Å². The van der Waals surface area contributed by atoms with E-state index in [1.54, 1.807) is 0 Å². The monoisotopic (exact) mass is 278 g/mol. The number of piperidine rings is 1. The molecule has 0 aliphatic carbocycles. The molecule has 0 aromatic carbocycles. The number of hydrogen-bond donors (Lipinski definition) is 1. The van der Waals surface area contributed by atoms with Gasteiger partial charge in [-0.3, -0.25) is 0 Å². The van der Waals surface area contributed by atoms with Crippen molar-refractivity contribution in [1.29, 1.82) is 0 Å². The fourth-order valence-corrected chi connectivity index (χ4v) is 2.18. The number of halogens is 2. The molecule has 94 valence electrons. The first-order valence-corrected chi connectivity index (χ1v) is 6.69. The van der Waals surface area contributed by atoms with Crippen LogP contribution in [0.15, 0.2) is 0 Å². The molecule has 4 nitrogen and oxygen atoms in total. The van der Waals surface area contributed by atoms with Crippen molar-refractivity contribution < 1.29 is 8.42 Å². The second kappa shape index (κ2) is 7.68. The first kappa shape index (κ1) is 17.8. The highest BCUT2D eigenvalue weighted by molar-refractivity contribution is 7.90. The van der Waals surface area contributed by atoms with Crippen molar-refractivity contribution in [2.75, 3.05) is 31.6 Å². The van der Waals surface area contributed by atoms with Gasteiger partial charge in [0.25, 0.3) is 0 Å². The first-order valence-electron chi connectivity index (χ1n) is 4.63. The van der Waals surface area contributed by atoms with Crippen molar-refractivity contribution in [2.24, 2.45) is 5.73 Å². The molecule has 0 saturated carbocycles. The van der Waals surface area contributed by atoms with E-state index in [0.717, 1.165) is 25.9 Å². The maximum atomic E-state index is 10.9. The lowest BCUT2D eigenvalue weighted by atomic mass is 10.1. The molecule has 1 heterocycles. The van der Waals surface area contributed by atoms with Gasteiger partial charge in [-0.25, -0.2) is 8.42 Å². The van der Waals surface area contributed by atoms with Crippen LogP contribution in [0.5, 0.6) is 0 Å². The third kappa shape index (κ3) is 8.28. The number of rotatable bonds is 3. The van der Waals surface area contributed by atoms with Crippen LogP contribution >= 0.6 is 24.8 Å². The minimum atomic E-state index is -2.82. The third-order valence-corrected chi connectivity index (χ3v) is 3.24. The molecule has 1 fully saturated rings. The van der Waals surface area contributed by atoms with E-state index < -0.39 is 9.84 Å². The molecule has 1 saturated heterocycles. The summed E-state index contributed by atoms with van der Waals surface area (Å²) in [5.41, 5.74) is 5.77. The predicted molar refractivity (Wildman–Crippen MR) is 67.9 cm³/mol. The molecule has 0 aromatic heterocycles. The van der Waals surface area contributed by atoms with Crippen LogP contribution in [-0.4, -0.2) is 51.0 Å². The lowest BCUT2D eigenvalue weighted by Gasteiger charge is -2.30. The Bertz CT molecular complexity index is 259. The third-order valence-electron chi connectivity index (χ3n) is 2.32. The van der Waals surface area contributed by atoms with Crippen molar-refractivity contribution in [1.82, 2.24) is 4.90 Å². The number of nitrogens with two attached hydrogens (primary N) is 1. The first-order chi connectivity index (χ1) is 5.97. The maximum Gasteiger partial charge on any atom is 0.148 e. The molecule has 1 unspecified atom stereocenters. The van der Waals surface area contributed by atoms with E-state index in [2.05, 4.69) is 4.90 Å². The lowest BCUT2D eigenvalue weighted by Crippen LogP contribution is -2.44. The van der Waals surface area contributed by atoms with Gasteiger partial charge in [-0.1, -0.05) is 0 Å². The maximum absolute atomic E-state index is 10.9. The van der Waals surface area contributed by atoms with Crippen molar-refractivity contribution in [3.8, 4) is 0 Å². The molecule has 7 heteroatoms. The second-order valence-electron chi connectivity index (χ2n) is 3.83. The SMILES string of the molecule is CS(=O)(=O)CCN1CCCC(N)C1.Cl.Cl. The van der Waals surface area contributed by atoms with Crippen LogP contribution in [0.1, 0.15) is 12.8 Å². The van der Waals surface area contributed by atoms with Crippen LogP contribution in [0.4, 0.5) is 0 Å². The number of sulfone groups is 1. The van der Waals surface area contributed by atoms with Gasteiger partial charge in [0.2, 0.25) is 0 Å². The van der Waals surface area contributed by atoms with Crippen LogP contribution in [0.3, 0.4) is 0 Å². The summed E-state index contributed by atoms with van der Waals surface area (Å²) in [7, 11) is -2.82. The number of likely N-dealkylation sites (tertiary alicyclic amines) is 1. The smallest absolute Gasteiger partial charge is 0.148 e. The van der Waals surface area contributed by atoms with E-state index in [4.69, 9.17) is 5.73 Å². The van der Waals surface area contributed by atoms with Gasteiger partial charge in [-0.2, -0.15) is 0 Å². The molecule has 1 atom stereocenters. The van der Waals surface area contributed by atoms with Gasteiger partial charge in [-0.05, 0) is 19.4 Å². The van der Waals surface area contributed by atoms with E-state index in [1.165, 1.54) is 6.26 Å². The fraction of sp³-hybridized carbons (Fsp3) is 1.00. The summed E-state index contributed by atoms with van der Waals surface area (Å²) in [5.74, 6) is 0.250. The Morgan fingerprint density at radius 1 is 1.40 bits per heavy atom. The summed E-state index contributed by atoms with van der Waals surface area (Å²) >= 11 is 0. The zero-order valence-corrected chi connectivity index (χ0v) is 11.3. The van der Waals surface area contributed by atoms with Gasteiger partial charge >= 0.3 is 0 Å². The highest BCUT2D eigenvalue weighted by Crippen LogP contribution is 2.07. The lowest BCUT2D eigenvalue weighted by molar-refractivity contribution is 0.220. The van der Waals surface area contributed by atoms with E-state index >= 15 is 0 Å². The summed E-state index contributed by atoms with van der Waals surface area (Å²) in [6.45, 7) is 2.46. The highest BCUT2D eigenvalue weighted by Gasteiger charge is 2.17. The summed E-state index contributed by atoms with van der Waals surface area (Å²) in [5, 5.41) is 0. The van der Waals surface area contributed by atoms with Gasteiger partial charge < -0.3 is 10.6 Å². The average Bonchev–Trinajstić information content (AvgIpc) is 2.00. The van der Waals surface area contributed by atoms with Crippen molar-refractivity contribution in [3.05, 3.63) is 0 Å². The molecule has 0 radical (unpaired) electrons. The van der Waals surface area contributed by atoms with E-state index in [0.29, 0.717) is 6.54 Å². The molecule has 1 aliphatic heterocycles. The van der Waals surface area contributed by atoms with E-state index in [1.807, 2.05) is 0 Å². The van der Waals surface area contributed by atoms with Crippen LogP contribution in [0, 0.1) is 0 Å². The summed E-state index contributed by atoms with van der Waals surface area (Å²) in [6.07, 6.45) is 3.43. The largest absolute Gasteiger partial charge is 0.327 e. The van der Waals surface area contributed by atoms with Crippen LogP contribution < -0.4 is 5.73 Å². The standard InChI is InChI=1S/C8H18N2O2S.2ClH/c1-13(11,12)6-5-10-4-2-3-8(9)7-10;;/h8H,2-7,9H2,1H3;2*1H. The zero-order chi connectivity index (χ0) is 9.90. The number of hydrogen-bond acceptors (Lipinski definition) is 4. The molecule has 0 amide bonds. The van der Waals surface area contributed by atoms with E-state index in [-0.39, 0.29) is 36.6 Å². The van der Waals surface area contributed by atoms with Crippen molar-refractivity contribution in [2.45, 2.75) is 18.9 Å². The minimum Gasteiger partial charge on any atom is -0.327 e. The Morgan fingerprint density at radius 3 is 2.47 bits per heavy atom. The Kier molecular flexibility index (Phi) is 9.13. The summed E-state index contributed by atoms with van der Waals surface area (Å²) in [6, 6.07) is 0.230. The molecule has 0 aromatic rings. The van der Waals surface area contributed by atoms with Crippen LogP contribution in [-0.2, 0) is 9.84 Å². The number of nitrogens with zero attached hydrogens (tertiary/aromatic N) is 1. The average molecular weight is 279 g/mol. The summed E-state index contributed by atoms with van der Waals surface area (Å²) in [4.78, 5) is 2.13. The normalized spacial score (nSPS) is 22.7. The highest BCUT2D eigenvalue weighted by atomic mass is 35.5. The molecule has 15 heavy (non-hydrogen) atoms. The topological polar surface area (TPSA) is 63.4 Å². The van der Waals surface area contributed by atoms with Gasteiger partial charge in [0.15, 0.2) is 0 Å². The van der Waals surface area contributed by atoms with Gasteiger partial charge in [-0.15, -0.1) is 24.8 Å². The Labute approximate surface area is 104 Å². The van der Waals surface area contributed by atoms with E-state index in [9.17, 15) is 8.42 Å². The minimum absolute atomic E-state index is 0. The molecule has 0 bridgehead atoms. The Balaban J connectivity index is 0. The van der Waals surface area contributed by atoms with Crippen molar-refractivity contribution >= 4 is 34.7 Å². The predicted octanol–water partition coefficient (Wildman–Crippen LogP) is 0.298. The van der Waals surface area contributed by atoms with Crippen LogP contribution in [0.2, 0.25) is 0 Å². The Morgan fingerprint density at radius 2 is 2.00 bits per heavy atom. The molecular formula is C8H20Cl2N2O2S. The molecule has 2 N–H and O–H groups in total. The second-order valence-corrected chi connectivity index (χ2v) is 6.09. The fourth-order valence-electron chi connectivity index (χ4n) is 1.59. The summed E-state index contributed by atoms with van der Waals surface area (Å²) < 4.78 is 21.8. The van der Waals surface area contributed by atoms with Gasteiger partial charge in [0, 0.05) is 25.4 Å². The molecule has 1 aliphatic rings.